The van der Waals surface area contributed by atoms with Gasteiger partial charge in [0.1, 0.15) is 5.52 Å². The Balaban J connectivity index is 1.39. The Morgan fingerprint density at radius 3 is 2.81 bits per heavy atom. The maximum atomic E-state index is 7.13. The van der Waals surface area contributed by atoms with Gasteiger partial charge in [0.05, 0.1) is 24.7 Å². The van der Waals surface area contributed by atoms with E-state index in [4.69, 9.17) is 16.0 Å². The molecule has 0 aromatic carbocycles. The molecule has 0 aliphatic carbocycles. The fourth-order valence-electron chi connectivity index (χ4n) is 4.02. The maximum Gasteiger partial charge on any atom is 0.269 e. The number of anilines is 3. The lowest BCUT2D eigenvalue weighted by molar-refractivity contribution is 0.0111. The third-order valence-electron chi connectivity index (χ3n) is 6.10. The fraction of sp³-hybridized carbons (Fsp3) is 0.360. The molecule has 4 aromatic heterocycles. The highest BCUT2D eigenvalue weighted by Gasteiger charge is 2.24. The number of ether oxygens (including phenoxy) is 2. The molecule has 11 heteroatoms. The summed E-state index contributed by atoms with van der Waals surface area (Å²) in [6.07, 6.45) is 3.41. The van der Waals surface area contributed by atoms with E-state index in [0.29, 0.717) is 52.6 Å². The Kier molecular flexibility index (Phi) is 6.35. The van der Waals surface area contributed by atoms with Crippen molar-refractivity contribution >= 4 is 34.3 Å². The van der Waals surface area contributed by atoms with E-state index in [1.165, 1.54) is 6.20 Å². The number of aryl methyl sites for hydroxylation is 2. The number of nitrogens with zero attached hydrogens (tertiary/aromatic N) is 8. The van der Waals surface area contributed by atoms with Crippen LogP contribution in [0.4, 0.5) is 23.1 Å². The first kappa shape index (κ1) is 23.4. The second-order valence-electron chi connectivity index (χ2n) is 9.06. The van der Waals surface area contributed by atoms with E-state index >= 15 is 0 Å². The number of rotatable bonds is 6. The van der Waals surface area contributed by atoms with Gasteiger partial charge in [0, 0.05) is 26.2 Å². The molecule has 4 aromatic rings. The summed E-state index contributed by atoms with van der Waals surface area (Å²) in [5.41, 5.74) is 2.81. The van der Waals surface area contributed by atoms with E-state index in [1.807, 2.05) is 30.7 Å². The van der Waals surface area contributed by atoms with Gasteiger partial charge in [-0.1, -0.05) is 20.4 Å². The third-order valence-corrected chi connectivity index (χ3v) is 6.10. The van der Waals surface area contributed by atoms with Gasteiger partial charge in [-0.05, 0) is 36.6 Å². The standard InChI is InChI=1S/C25H27N9O2/c1-15(2)19-13-34(8-9-35-19)22-7-6-20(31-32-22)29-17-11-23(30-25-24(17)28-14-33(25)5)36-18-12-27-21(26-4)10-16(18)3/h6-7,10-12,14-15,19H,8-9,13H2,1-3,5H3,(H,29,30,31)/t19-/m1/s1. The smallest absolute Gasteiger partial charge is 0.269 e. The van der Waals surface area contributed by atoms with Crippen LogP contribution in [0.1, 0.15) is 19.4 Å². The molecule has 36 heavy (non-hydrogen) atoms. The predicted octanol–water partition coefficient (Wildman–Crippen LogP) is 4.41. The summed E-state index contributed by atoms with van der Waals surface area (Å²) < 4.78 is 13.7. The number of hydrogen-bond acceptors (Lipinski definition) is 9. The van der Waals surface area contributed by atoms with Crippen LogP contribution in [-0.2, 0) is 11.8 Å². The lowest BCUT2D eigenvalue weighted by Crippen LogP contribution is -2.45. The normalized spacial score (nSPS) is 15.8. The van der Waals surface area contributed by atoms with Crippen LogP contribution in [0, 0.1) is 19.4 Å². The number of fused-ring (bicyclic) bond motifs is 1. The molecule has 0 bridgehead atoms. The van der Waals surface area contributed by atoms with Crippen molar-refractivity contribution in [2.75, 3.05) is 29.9 Å². The molecular formula is C25H27N9O2. The molecule has 0 unspecified atom stereocenters. The van der Waals surface area contributed by atoms with Crippen LogP contribution in [0.5, 0.6) is 11.6 Å². The van der Waals surface area contributed by atoms with E-state index in [-0.39, 0.29) is 6.10 Å². The number of nitrogens with one attached hydrogen (secondary N) is 1. The molecule has 5 heterocycles. The summed E-state index contributed by atoms with van der Waals surface area (Å²) in [5.74, 6) is 3.05. The highest BCUT2D eigenvalue weighted by Crippen LogP contribution is 2.32. The van der Waals surface area contributed by atoms with Gasteiger partial charge < -0.3 is 29.1 Å². The molecule has 1 aliphatic heterocycles. The van der Waals surface area contributed by atoms with Crippen molar-refractivity contribution in [2.24, 2.45) is 13.0 Å². The summed E-state index contributed by atoms with van der Waals surface area (Å²) in [5, 5.41) is 12.2. The van der Waals surface area contributed by atoms with Gasteiger partial charge in [-0.25, -0.2) is 4.98 Å². The molecule has 1 fully saturated rings. The lowest BCUT2D eigenvalue weighted by atomic mass is 10.1. The Bertz CT molecular complexity index is 1430. The summed E-state index contributed by atoms with van der Waals surface area (Å²) >= 11 is 0. The minimum absolute atomic E-state index is 0.183. The van der Waals surface area contributed by atoms with Crippen molar-refractivity contribution in [3.05, 3.63) is 53.8 Å². The number of imidazole rings is 1. The van der Waals surface area contributed by atoms with Crippen molar-refractivity contribution in [3.8, 4) is 11.6 Å². The zero-order valence-corrected chi connectivity index (χ0v) is 20.6. The topological polar surface area (TPSA) is 107 Å². The number of hydrogen-bond donors (Lipinski definition) is 1. The molecule has 0 spiro atoms. The van der Waals surface area contributed by atoms with E-state index in [9.17, 15) is 0 Å². The highest BCUT2D eigenvalue weighted by molar-refractivity contribution is 5.88. The molecule has 0 radical (unpaired) electrons. The predicted molar refractivity (Wildman–Crippen MR) is 136 cm³/mol. The average Bonchev–Trinajstić information content (AvgIpc) is 3.26. The summed E-state index contributed by atoms with van der Waals surface area (Å²) in [6, 6.07) is 7.30. The zero-order chi connectivity index (χ0) is 25.2. The SMILES string of the molecule is [C-]#[N+]c1cc(C)c(Oc2cc(Nc3ccc(N4CCO[C@@H](C(C)C)C4)nn3)c3ncn(C)c3n2)cn1. The second kappa shape index (κ2) is 9.75. The van der Waals surface area contributed by atoms with Crippen molar-refractivity contribution in [1.29, 1.82) is 0 Å². The second-order valence-corrected chi connectivity index (χ2v) is 9.06. The van der Waals surface area contributed by atoms with Gasteiger partial charge in [-0.15, -0.1) is 15.2 Å². The lowest BCUT2D eigenvalue weighted by Gasteiger charge is -2.35. The quantitative estimate of drug-likeness (QED) is 0.397. The Morgan fingerprint density at radius 1 is 1.22 bits per heavy atom. The molecule has 5 rings (SSSR count). The summed E-state index contributed by atoms with van der Waals surface area (Å²) in [4.78, 5) is 18.8. The van der Waals surface area contributed by atoms with Gasteiger partial charge in [-0.3, -0.25) is 0 Å². The fourth-order valence-corrected chi connectivity index (χ4v) is 4.02. The van der Waals surface area contributed by atoms with Crippen LogP contribution in [0.2, 0.25) is 0 Å². The Morgan fingerprint density at radius 2 is 2.08 bits per heavy atom. The molecule has 184 valence electrons. The molecule has 0 saturated carbocycles. The van der Waals surface area contributed by atoms with E-state index < -0.39 is 0 Å². The largest absolute Gasteiger partial charge is 0.435 e. The van der Waals surface area contributed by atoms with Gasteiger partial charge in [0.15, 0.2) is 29.2 Å². The van der Waals surface area contributed by atoms with E-state index in [2.05, 4.69) is 54.1 Å². The van der Waals surface area contributed by atoms with Crippen molar-refractivity contribution in [2.45, 2.75) is 26.9 Å². The maximum absolute atomic E-state index is 7.13. The van der Waals surface area contributed by atoms with Crippen LogP contribution in [-0.4, -0.2) is 55.5 Å². The first-order chi connectivity index (χ1) is 17.4. The van der Waals surface area contributed by atoms with Crippen LogP contribution < -0.4 is 15.0 Å². The van der Waals surface area contributed by atoms with Gasteiger partial charge in [0.25, 0.3) is 5.82 Å². The molecule has 11 nitrogen and oxygen atoms in total. The van der Waals surface area contributed by atoms with E-state index in [0.717, 1.165) is 24.5 Å². The Hall–Kier alpha value is -4.30. The molecule has 1 aliphatic rings. The summed E-state index contributed by atoms with van der Waals surface area (Å²) in [7, 11) is 1.87. The zero-order valence-electron chi connectivity index (χ0n) is 20.6. The first-order valence-corrected chi connectivity index (χ1v) is 11.7. The van der Waals surface area contributed by atoms with Crippen LogP contribution in [0.3, 0.4) is 0 Å². The van der Waals surface area contributed by atoms with Gasteiger partial charge >= 0.3 is 0 Å². The number of aromatic nitrogens is 6. The minimum atomic E-state index is 0.183. The molecule has 1 saturated heterocycles. The Labute approximate surface area is 208 Å². The average molecular weight is 486 g/mol. The van der Waals surface area contributed by atoms with Crippen LogP contribution in [0.15, 0.2) is 36.8 Å². The first-order valence-electron chi connectivity index (χ1n) is 11.7. The monoisotopic (exact) mass is 485 g/mol. The van der Waals surface area contributed by atoms with Crippen molar-refractivity contribution in [1.82, 2.24) is 29.7 Å². The van der Waals surface area contributed by atoms with Gasteiger partial charge in [0.2, 0.25) is 5.88 Å². The van der Waals surface area contributed by atoms with Crippen LogP contribution in [0.25, 0.3) is 16.0 Å². The van der Waals surface area contributed by atoms with Gasteiger partial charge in [-0.2, -0.15) is 4.98 Å². The third kappa shape index (κ3) is 4.76. The summed E-state index contributed by atoms with van der Waals surface area (Å²) in [6.45, 7) is 15.6. The highest BCUT2D eigenvalue weighted by atomic mass is 16.5. The van der Waals surface area contributed by atoms with Crippen molar-refractivity contribution in [3.63, 3.8) is 0 Å². The molecule has 1 atom stereocenters. The minimum Gasteiger partial charge on any atom is -0.435 e. The van der Waals surface area contributed by atoms with Crippen LogP contribution >= 0.6 is 0 Å². The molecule has 0 amide bonds. The molecule has 1 N–H and O–H groups in total. The van der Waals surface area contributed by atoms with Crippen molar-refractivity contribution < 1.29 is 9.47 Å². The van der Waals surface area contributed by atoms with E-state index in [1.54, 1.807) is 18.5 Å². The molecular weight excluding hydrogens is 458 g/mol. The number of morpholine rings is 1. The number of pyridine rings is 2.